The Morgan fingerprint density at radius 3 is 2.17 bits per heavy atom. The van der Waals surface area contributed by atoms with Gasteiger partial charge < -0.3 is 25.6 Å². The van der Waals surface area contributed by atoms with Crippen LogP contribution in [0.1, 0.15) is 64.7 Å². The average Bonchev–Trinajstić information content (AvgIpc) is 2.94. The van der Waals surface area contributed by atoms with Gasteiger partial charge in [-0.15, -0.1) is 6.58 Å². The third-order valence-electron chi connectivity index (χ3n) is 7.56. The highest BCUT2D eigenvalue weighted by atomic mass is 16.5. The summed E-state index contributed by atoms with van der Waals surface area (Å²) in [5, 5.41) is 26.4. The Labute approximate surface area is 244 Å². The number of nitrogens with one attached hydrogen (secondary N) is 2. The highest BCUT2D eigenvalue weighted by molar-refractivity contribution is 5.92. The predicted octanol–water partition coefficient (Wildman–Crippen LogP) is 4.51. The standard InChI is InChI=1S/C33H46N2O6/c1-8-21(3)28(34-7)27(37)20-25(19-23-15-17-26(36)18-16-23)31(38)35-30(33(5,6)40)32(39)41-29(22(4)9-2)24-13-11-10-12-14-24/h9-18,21-22,25,28-30,34,36,40H,2,8,19-20H2,1,3-7H3,(H,35,38)/t21-,22+,25-,28-,29-,30+/m0/s1. The number of hydrogen-bond acceptors (Lipinski definition) is 7. The maximum Gasteiger partial charge on any atom is 0.332 e. The van der Waals surface area contributed by atoms with E-state index in [0.29, 0.717) is 0 Å². The molecular formula is C33H46N2O6. The molecule has 2 rings (SSSR count). The largest absolute Gasteiger partial charge is 0.508 e. The number of phenolic OH excluding ortho intramolecular Hbond substituents is 1. The molecule has 8 heteroatoms. The van der Waals surface area contributed by atoms with E-state index in [1.54, 1.807) is 25.3 Å². The summed E-state index contributed by atoms with van der Waals surface area (Å²) in [6.45, 7) is 12.5. The summed E-state index contributed by atoms with van der Waals surface area (Å²) in [5.41, 5.74) is -0.164. The van der Waals surface area contributed by atoms with Gasteiger partial charge in [0.05, 0.1) is 11.6 Å². The average molecular weight is 567 g/mol. The molecule has 2 aromatic carbocycles. The Hall–Kier alpha value is -3.49. The molecule has 4 N–H and O–H groups in total. The van der Waals surface area contributed by atoms with Crippen LogP contribution in [0.5, 0.6) is 5.75 Å². The van der Waals surface area contributed by atoms with E-state index in [1.165, 1.54) is 26.0 Å². The van der Waals surface area contributed by atoms with E-state index in [9.17, 15) is 24.6 Å². The molecule has 0 saturated carbocycles. The van der Waals surface area contributed by atoms with Crippen LogP contribution >= 0.6 is 0 Å². The molecule has 224 valence electrons. The Balaban J connectivity index is 2.36. The number of aromatic hydroxyl groups is 1. The van der Waals surface area contributed by atoms with Gasteiger partial charge in [-0.1, -0.05) is 75.7 Å². The lowest BCUT2D eigenvalue weighted by molar-refractivity contribution is -0.162. The number of amides is 1. The van der Waals surface area contributed by atoms with Crippen molar-refractivity contribution >= 4 is 17.7 Å². The maximum absolute atomic E-state index is 13.7. The Bertz CT molecular complexity index is 1140. The van der Waals surface area contributed by atoms with Crippen LogP contribution in [0.15, 0.2) is 67.3 Å². The fourth-order valence-corrected chi connectivity index (χ4v) is 4.76. The number of likely N-dealkylation sites (N-methyl/N-ethyl adjacent to an activating group) is 1. The van der Waals surface area contributed by atoms with Gasteiger partial charge in [-0.2, -0.15) is 0 Å². The number of hydrogen-bond donors (Lipinski definition) is 4. The fraction of sp³-hybridized carbons (Fsp3) is 0.485. The highest BCUT2D eigenvalue weighted by Gasteiger charge is 2.40. The summed E-state index contributed by atoms with van der Waals surface area (Å²) in [4.78, 5) is 40.6. The van der Waals surface area contributed by atoms with Crippen molar-refractivity contribution in [3.63, 3.8) is 0 Å². The van der Waals surface area contributed by atoms with Crippen molar-refractivity contribution in [2.75, 3.05) is 7.05 Å². The van der Waals surface area contributed by atoms with E-state index in [1.807, 2.05) is 51.1 Å². The van der Waals surface area contributed by atoms with Gasteiger partial charge in [0.15, 0.2) is 11.8 Å². The summed E-state index contributed by atoms with van der Waals surface area (Å²) < 4.78 is 5.88. The number of esters is 1. The van der Waals surface area contributed by atoms with E-state index in [2.05, 4.69) is 17.2 Å². The van der Waals surface area contributed by atoms with E-state index in [-0.39, 0.29) is 36.2 Å². The van der Waals surface area contributed by atoms with Crippen LogP contribution in [0.3, 0.4) is 0 Å². The molecule has 2 aromatic rings. The molecule has 8 nitrogen and oxygen atoms in total. The third-order valence-corrected chi connectivity index (χ3v) is 7.56. The molecule has 6 atom stereocenters. The van der Waals surface area contributed by atoms with Crippen LogP contribution in [0.25, 0.3) is 0 Å². The number of aliphatic hydroxyl groups is 1. The normalized spacial score (nSPS) is 16.0. The number of Topliss-reactive ketones (excluding diaryl/α,β-unsaturated/α-hetero) is 1. The second kappa shape index (κ2) is 15.5. The van der Waals surface area contributed by atoms with Gasteiger partial charge in [-0.05, 0) is 56.5 Å². The zero-order valence-corrected chi connectivity index (χ0v) is 25.1. The van der Waals surface area contributed by atoms with Gasteiger partial charge in [0.1, 0.15) is 11.9 Å². The monoisotopic (exact) mass is 566 g/mol. The summed E-state index contributed by atoms with van der Waals surface area (Å²) >= 11 is 0. The Morgan fingerprint density at radius 2 is 1.66 bits per heavy atom. The van der Waals surface area contributed by atoms with Crippen LogP contribution in [0.2, 0.25) is 0 Å². The van der Waals surface area contributed by atoms with Crippen molar-refractivity contribution in [3.05, 3.63) is 78.4 Å². The number of ether oxygens (including phenoxy) is 1. The van der Waals surface area contributed by atoms with Crippen LogP contribution < -0.4 is 10.6 Å². The number of rotatable bonds is 16. The van der Waals surface area contributed by atoms with E-state index >= 15 is 0 Å². The SMILES string of the molecule is C=C[C@@H](C)[C@H](OC(=O)[C@@H](NC(=O)[C@H](CC(=O)[C@@H](NC)[C@@H](C)CC)Cc1ccc(O)cc1)C(C)(C)O)c1ccccc1. The van der Waals surface area contributed by atoms with E-state index in [4.69, 9.17) is 4.74 Å². The van der Waals surface area contributed by atoms with Crippen LogP contribution in [-0.4, -0.2) is 52.6 Å². The second-order valence-electron chi connectivity index (χ2n) is 11.3. The lowest BCUT2D eigenvalue weighted by atomic mass is 9.86. The summed E-state index contributed by atoms with van der Waals surface area (Å²) in [6, 6.07) is 13.8. The molecule has 0 fully saturated rings. The van der Waals surface area contributed by atoms with Crippen molar-refractivity contribution in [3.8, 4) is 5.75 Å². The van der Waals surface area contributed by atoms with Crippen LogP contribution in [0.4, 0.5) is 0 Å². The predicted molar refractivity (Wildman–Crippen MR) is 160 cm³/mol. The number of carbonyl (C=O) groups excluding carboxylic acids is 3. The molecule has 0 aliphatic rings. The first-order chi connectivity index (χ1) is 19.3. The topological polar surface area (TPSA) is 125 Å². The van der Waals surface area contributed by atoms with Gasteiger partial charge in [0, 0.05) is 18.3 Å². The van der Waals surface area contributed by atoms with Crippen molar-refractivity contribution in [1.29, 1.82) is 0 Å². The number of phenols is 1. The summed E-state index contributed by atoms with van der Waals surface area (Å²) in [6.07, 6.45) is 1.91. The molecule has 1 amide bonds. The van der Waals surface area contributed by atoms with E-state index < -0.39 is 41.6 Å². The molecule has 0 bridgehead atoms. The Morgan fingerprint density at radius 1 is 1.05 bits per heavy atom. The highest BCUT2D eigenvalue weighted by Crippen LogP contribution is 2.29. The summed E-state index contributed by atoms with van der Waals surface area (Å²) in [7, 11) is 1.72. The number of benzene rings is 2. The molecule has 0 aliphatic carbocycles. The first-order valence-corrected chi connectivity index (χ1v) is 14.2. The molecule has 41 heavy (non-hydrogen) atoms. The fourth-order valence-electron chi connectivity index (χ4n) is 4.76. The molecular weight excluding hydrogens is 520 g/mol. The minimum absolute atomic E-state index is 0.0609. The molecule has 0 heterocycles. The van der Waals surface area contributed by atoms with Crippen molar-refractivity contribution in [2.24, 2.45) is 17.8 Å². The first-order valence-electron chi connectivity index (χ1n) is 14.2. The van der Waals surface area contributed by atoms with Crippen molar-refractivity contribution in [2.45, 2.75) is 77.7 Å². The van der Waals surface area contributed by atoms with E-state index in [0.717, 1.165) is 17.5 Å². The zero-order chi connectivity index (χ0) is 30.7. The van der Waals surface area contributed by atoms with Gasteiger partial charge in [-0.25, -0.2) is 4.79 Å². The number of carbonyl (C=O) groups is 3. The molecule has 0 radical (unpaired) electrons. The van der Waals surface area contributed by atoms with Gasteiger partial charge in [0.25, 0.3) is 0 Å². The molecule has 0 unspecified atom stereocenters. The number of ketones is 1. The quantitative estimate of drug-likeness (QED) is 0.174. The van der Waals surface area contributed by atoms with Crippen molar-refractivity contribution in [1.82, 2.24) is 10.6 Å². The minimum Gasteiger partial charge on any atom is -0.508 e. The van der Waals surface area contributed by atoms with Crippen molar-refractivity contribution < 1.29 is 29.3 Å². The van der Waals surface area contributed by atoms with Crippen LogP contribution in [-0.2, 0) is 25.5 Å². The summed E-state index contributed by atoms with van der Waals surface area (Å²) in [5.74, 6) is -2.39. The smallest absolute Gasteiger partial charge is 0.332 e. The molecule has 0 aliphatic heterocycles. The lowest BCUT2D eigenvalue weighted by Crippen LogP contribution is -2.56. The zero-order valence-electron chi connectivity index (χ0n) is 25.1. The van der Waals surface area contributed by atoms with Crippen LogP contribution in [0, 0.1) is 17.8 Å². The second-order valence-corrected chi connectivity index (χ2v) is 11.3. The first kappa shape index (κ1) is 33.7. The lowest BCUT2D eigenvalue weighted by Gasteiger charge is -2.32. The molecule has 0 aromatic heterocycles. The maximum atomic E-state index is 13.7. The van der Waals surface area contributed by atoms with Gasteiger partial charge in [0.2, 0.25) is 5.91 Å². The molecule has 0 spiro atoms. The van der Waals surface area contributed by atoms with Gasteiger partial charge in [-0.3, -0.25) is 9.59 Å². The third kappa shape index (κ3) is 9.83. The Kier molecular flexibility index (Phi) is 12.7. The minimum atomic E-state index is -1.66. The molecule has 0 saturated heterocycles. The van der Waals surface area contributed by atoms with Gasteiger partial charge >= 0.3 is 5.97 Å².